The van der Waals surface area contributed by atoms with E-state index >= 15 is 0 Å². The first-order valence-electron chi connectivity index (χ1n) is 11.4. The van der Waals surface area contributed by atoms with E-state index in [4.69, 9.17) is 5.10 Å². The lowest BCUT2D eigenvalue weighted by molar-refractivity contribution is 0.0964. The van der Waals surface area contributed by atoms with Crippen molar-refractivity contribution >= 4 is 27.3 Å². The van der Waals surface area contributed by atoms with Crippen LogP contribution in [0.2, 0.25) is 0 Å². The van der Waals surface area contributed by atoms with Gasteiger partial charge in [-0.25, -0.2) is 0 Å². The summed E-state index contributed by atoms with van der Waals surface area (Å²) in [5.74, 6) is 0.0310. The lowest BCUT2D eigenvalue weighted by Crippen LogP contribution is -2.40. The SMILES string of the molecule is CNC(=O)c1sc2ccccc2c1C[C@@H]1CCCCN1Cc1c(C)nn(C(C)C)c1C. The van der Waals surface area contributed by atoms with E-state index in [1.54, 1.807) is 18.4 Å². The van der Waals surface area contributed by atoms with E-state index in [2.05, 4.69) is 66.9 Å². The molecule has 0 saturated carbocycles. The van der Waals surface area contributed by atoms with Gasteiger partial charge in [-0.3, -0.25) is 14.4 Å². The monoisotopic (exact) mass is 438 g/mol. The molecule has 1 aliphatic heterocycles. The van der Waals surface area contributed by atoms with E-state index in [9.17, 15) is 4.79 Å². The van der Waals surface area contributed by atoms with Crippen molar-refractivity contribution in [1.29, 1.82) is 0 Å². The third-order valence-electron chi connectivity index (χ3n) is 6.65. The fourth-order valence-electron chi connectivity index (χ4n) is 4.97. The predicted octanol–water partition coefficient (Wildman–Crippen LogP) is 5.25. The summed E-state index contributed by atoms with van der Waals surface area (Å²) in [7, 11) is 1.72. The Bertz CT molecular complexity index is 1080. The Balaban J connectivity index is 1.65. The van der Waals surface area contributed by atoms with Crippen molar-refractivity contribution in [2.24, 2.45) is 0 Å². The van der Waals surface area contributed by atoms with Gasteiger partial charge in [0.1, 0.15) is 0 Å². The molecule has 0 unspecified atom stereocenters. The van der Waals surface area contributed by atoms with E-state index < -0.39 is 0 Å². The van der Waals surface area contributed by atoms with Crippen LogP contribution in [0, 0.1) is 13.8 Å². The van der Waals surface area contributed by atoms with Gasteiger partial charge in [0, 0.05) is 41.6 Å². The predicted molar refractivity (Wildman–Crippen MR) is 129 cm³/mol. The van der Waals surface area contributed by atoms with Crippen LogP contribution in [0.25, 0.3) is 10.1 Å². The van der Waals surface area contributed by atoms with E-state index in [1.807, 2.05) is 0 Å². The number of hydrogen-bond donors (Lipinski definition) is 1. The number of benzene rings is 1. The quantitative estimate of drug-likeness (QED) is 0.572. The lowest BCUT2D eigenvalue weighted by Gasteiger charge is -2.36. The highest BCUT2D eigenvalue weighted by molar-refractivity contribution is 7.21. The Labute approximate surface area is 189 Å². The zero-order valence-electron chi connectivity index (χ0n) is 19.4. The summed E-state index contributed by atoms with van der Waals surface area (Å²) in [6.45, 7) is 10.8. The highest BCUT2D eigenvalue weighted by Gasteiger charge is 2.28. The van der Waals surface area contributed by atoms with Gasteiger partial charge in [-0.05, 0) is 70.5 Å². The molecular weight excluding hydrogens is 404 g/mol. The van der Waals surface area contributed by atoms with Crippen molar-refractivity contribution in [2.75, 3.05) is 13.6 Å². The number of likely N-dealkylation sites (tertiary alicyclic amines) is 1. The number of hydrogen-bond acceptors (Lipinski definition) is 4. The van der Waals surface area contributed by atoms with Gasteiger partial charge in [0.2, 0.25) is 0 Å². The molecule has 1 N–H and O–H groups in total. The Morgan fingerprint density at radius 3 is 2.71 bits per heavy atom. The summed E-state index contributed by atoms with van der Waals surface area (Å²) < 4.78 is 3.35. The molecule has 1 atom stereocenters. The number of nitrogens with one attached hydrogen (secondary N) is 1. The Kier molecular flexibility index (Phi) is 6.49. The number of rotatable bonds is 6. The summed E-state index contributed by atoms with van der Waals surface area (Å²) in [5.41, 5.74) is 5.00. The highest BCUT2D eigenvalue weighted by atomic mass is 32.1. The van der Waals surface area contributed by atoms with Crippen LogP contribution in [0.5, 0.6) is 0 Å². The third-order valence-corrected chi connectivity index (χ3v) is 7.86. The molecule has 6 heteroatoms. The maximum Gasteiger partial charge on any atom is 0.261 e. The second-order valence-corrected chi connectivity index (χ2v) is 10.0. The third kappa shape index (κ3) is 4.28. The number of aryl methyl sites for hydroxylation is 1. The highest BCUT2D eigenvalue weighted by Crippen LogP contribution is 2.35. The number of fused-ring (bicyclic) bond motifs is 1. The minimum Gasteiger partial charge on any atom is -0.354 e. The number of nitrogens with zero attached hydrogens (tertiary/aromatic N) is 3. The average molecular weight is 439 g/mol. The average Bonchev–Trinajstić information content (AvgIpc) is 3.27. The second-order valence-electron chi connectivity index (χ2n) is 9.00. The van der Waals surface area contributed by atoms with E-state index in [0.29, 0.717) is 12.1 Å². The van der Waals surface area contributed by atoms with Crippen LogP contribution in [0.3, 0.4) is 0 Å². The number of carbonyl (C=O) groups is 1. The smallest absolute Gasteiger partial charge is 0.261 e. The molecule has 0 aliphatic carbocycles. The number of aromatic nitrogens is 2. The van der Waals surface area contributed by atoms with Crippen LogP contribution in [0.4, 0.5) is 0 Å². The van der Waals surface area contributed by atoms with Crippen molar-refractivity contribution in [3.05, 3.63) is 51.7 Å². The van der Waals surface area contributed by atoms with Gasteiger partial charge in [-0.15, -0.1) is 11.3 Å². The topological polar surface area (TPSA) is 50.2 Å². The second kappa shape index (κ2) is 9.13. The standard InChI is InChI=1S/C25H34N4OS/c1-16(2)29-18(4)22(17(3)27-29)15-28-13-9-8-10-19(28)14-21-20-11-6-7-12-23(20)31-24(21)25(30)26-5/h6-7,11-12,16,19H,8-10,13-15H2,1-5H3,(H,26,30)/t19-/m0/s1. The number of thiophene rings is 1. The minimum atomic E-state index is 0.0310. The normalized spacial score (nSPS) is 17.5. The molecule has 2 aromatic heterocycles. The summed E-state index contributed by atoms with van der Waals surface area (Å²) in [6, 6.07) is 9.25. The molecule has 4 rings (SSSR count). The molecule has 5 nitrogen and oxygen atoms in total. The molecule has 31 heavy (non-hydrogen) atoms. The number of piperidine rings is 1. The van der Waals surface area contributed by atoms with Gasteiger partial charge in [-0.2, -0.15) is 5.10 Å². The van der Waals surface area contributed by atoms with E-state index in [0.717, 1.165) is 30.1 Å². The van der Waals surface area contributed by atoms with E-state index in [-0.39, 0.29) is 5.91 Å². The van der Waals surface area contributed by atoms with Crippen LogP contribution in [-0.4, -0.2) is 40.2 Å². The molecule has 1 aliphatic rings. The molecule has 3 aromatic rings. The first-order valence-corrected chi connectivity index (χ1v) is 12.2. The maximum atomic E-state index is 12.6. The van der Waals surface area contributed by atoms with Crippen molar-refractivity contribution in [3.63, 3.8) is 0 Å². The summed E-state index contributed by atoms with van der Waals surface area (Å²) in [5, 5.41) is 8.88. The van der Waals surface area contributed by atoms with Gasteiger partial charge in [0.15, 0.2) is 0 Å². The van der Waals surface area contributed by atoms with Gasteiger partial charge >= 0.3 is 0 Å². The van der Waals surface area contributed by atoms with Crippen molar-refractivity contribution in [2.45, 2.75) is 72.0 Å². The first-order chi connectivity index (χ1) is 14.9. The molecule has 0 spiro atoms. The molecule has 0 radical (unpaired) electrons. The Morgan fingerprint density at radius 1 is 1.23 bits per heavy atom. The van der Waals surface area contributed by atoms with Crippen LogP contribution in [0.1, 0.15) is 71.3 Å². The zero-order valence-corrected chi connectivity index (χ0v) is 20.2. The van der Waals surface area contributed by atoms with Gasteiger partial charge < -0.3 is 5.32 Å². The van der Waals surface area contributed by atoms with Crippen LogP contribution >= 0.6 is 11.3 Å². The van der Waals surface area contributed by atoms with Gasteiger partial charge in [0.25, 0.3) is 5.91 Å². The van der Waals surface area contributed by atoms with Crippen LogP contribution < -0.4 is 5.32 Å². The van der Waals surface area contributed by atoms with Crippen LogP contribution in [-0.2, 0) is 13.0 Å². The number of carbonyl (C=O) groups excluding carboxylic acids is 1. The summed E-state index contributed by atoms with van der Waals surface area (Å²) >= 11 is 1.62. The summed E-state index contributed by atoms with van der Waals surface area (Å²) in [6.07, 6.45) is 4.58. The molecule has 166 valence electrons. The molecule has 1 amide bonds. The molecule has 1 aromatic carbocycles. The molecular formula is C25H34N4OS. The van der Waals surface area contributed by atoms with E-state index in [1.165, 1.54) is 46.2 Å². The fraction of sp³-hybridized carbons (Fsp3) is 0.520. The van der Waals surface area contributed by atoms with Crippen LogP contribution in [0.15, 0.2) is 24.3 Å². The van der Waals surface area contributed by atoms with Crippen molar-refractivity contribution in [3.8, 4) is 0 Å². The van der Waals surface area contributed by atoms with Crippen molar-refractivity contribution < 1.29 is 4.79 Å². The summed E-state index contributed by atoms with van der Waals surface area (Å²) in [4.78, 5) is 16.1. The Hall–Kier alpha value is -2.18. The molecule has 3 heterocycles. The zero-order chi connectivity index (χ0) is 22.1. The van der Waals surface area contributed by atoms with Gasteiger partial charge in [0.05, 0.1) is 10.6 Å². The van der Waals surface area contributed by atoms with Crippen molar-refractivity contribution in [1.82, 2.24) is 20.0 Å². The molecule has 1 fully saturated rings. The van der Waals surface area contributed by atoms with Gasteiger partial charge in [-0.1, -0.05) is 24.6 Å². The molecule has 1 saturated heterocycles. The number of amides is 1. The minimum absolute atomic E-state index is 0.0310. The molecule has 0 bridgehead atoms. The largest absolute Gasteiger partial charge is 0.354 e. The lowest BCUT2D eigenvalue weighted by atomic mass is 9.93. The first kappa shape index (κ1) is 22.0. The Morgan fingerprint density at radius 2 is 2.00 bits per heavy atom. The maximum absolute atomic E-state index is 12.6. The fourth-order valence-corrected chi connectivity index (χ4v) is 6.14.